The van der Waals surface area contributed by atoms with Gasteiger partial charge >= 0.3 is 12.2 Å². The molecule has 0 aliphatic carbocycles. The van der Waals surface area contributed by atoms with Gasteiger partial charge in [0.05, 0.1) is 19.8 Å². The van der Waals surface area contributed by atoms with Crippen molar-refractivity contribution in [3.8, 4) is 0 Å². The molecule has 8 heteroatoms. The normalized spacial score (nSPS) is 11.2. The Morgan fingerprint density at radius 2 is 1.88 bits per heavy atom. The van der Waals surface area contributed by atoms with Crippen molar-refractivity contribution < 1.29 is 27.4 Å². The minimum Gasteiger partial charge on any atom is -0.382 e. The lowest BCUT2D eigenvalue weighted by Crippen LogP contribution is -2.41. The fraction of sp³-hybridized carbons (Fsp3) is 0.875. The highest BCUT2D eigenvalue weighted by atomic mass is 19.4. The van der Waals surface area contributed by atoms with Crippen LogP contribution in [0.25, 0.3) is 0 Å². The SMILES string of the molecule is COCCOCCNC(=O)NCC(F)(F)F. The Bertz CT molecular complexity index is 199. The summed E-state index contributed by atoms with van der Waals surface area (Å²) in [5.74, 6) is 0. The van der Waals surface area contributed by atoms with Gasteiger partial charge in [0.15, 0.2) is 0 Å². The van der Waals surface area contributed by atoms with Crippen LogP contribution in [-0.4, -0.2) is 52.2 Å². The minimum absolute atomic E-state index is 0.146. The lowest BCUT2D eigenvalue weighted by Gasteiger charge is -2.09. The van der Waals surface area contributed by atoms with Crippen molar-refractivity contribution in [1.82, 2.24) is 10.6 Å². The molecule has 0 saturated heterocycles. The maximum absolute atomic E-state index is 11.7. The van der Waals surface area contributed by atoms with Crippen LogP contribution in [0.1, 0.15) is 0 Å². The van der Waals surface area contributed by atoms with Gasteiger partial charge in [-0.2, -0.15) is 13.2 Å². The summed E-state index contributed by atoms with van der Waals surface area (Å²) in [7, 11) is 1.52. The molecule has 0 aliphatic heterocycles. The highest BCUT2D eigenvalue weighted by molar-refractivity contribution is 5.73. The van der Waals surface area contributed by atoms with Gasteiger partial charge in [-0.3, -0.25) is 0 Å². The molecule has 0 aliphatic rings. The molecule has 0 heterocycles. The second kappa shape index (κ2) is 8.17. The van der Waals surface area contributed by atoms with Crippen molar-refractivity contribution in [2.45, 2.75) is 6.18 Å². The number of methoxy groups -OCH3 is 1. The Labute approximate surface area is 91.3 Å². The van der Waals surface area contributed by atoms with Crippen LogP contribution in [0.15, 0.2) is 0 Å². The zero-order chi connectivity index (χ0) is 12.4. The summed E-state index contributed by atoms with van der Waals surface area (Å²) in [6.45, 7) is -0.164. The lowest BCUT2D eigenvalue weighted by molar-refractivity contribution is -0.122. The number of urea groups is 1. The van der Waals surface area contributed by atoms with E-state index in [0.717, 1.165) is 0 Å². The standard InChI is InChI=1S/C8H15F3N2O3/c1-15-4-5-16-3-2-12-7(14)13-6-8(9,10)11/h2-6H2,1H3,(H2,12,13,14). The van der Waals surface area contributed by atoms with E-state index >= 15 is 0 Å². The molecule has 0 aromatic heterocycles. The van der Waals surface area contributed by atoms with Crippen LogP contribution in [0, 0.1) is 0 Å². The predicted octanol–water partition coefficient (Wildman–Crippen LogP) is 0.511. The molecule has 0 rings (SSSR count). The molecule has 0 spiro atoms. The Morgan fingerprint density at radius 3 is 2.44 bits per heavy atom. The van der Waals surface area contributed by atoms with Gasteiger partial charge in [0.2, 0.25) is 0 Å². The topological polar surface area (TPSA) is 59.6 Å². The second-order valence-corrected chi connectivity index (χ2v) is 2.83. The molecule has 0 radical (unpaired) electrons. The molecule has 0 aromatic rings. The molecule has 0 fully saturated rings. The fourth-order valence-corrected chi connectivity index (χ4v) is 0.724. The van der Waals surface area contributed by atoms with E-state index in [1.54, 1.807) is 5.32 Å². The monoisotopic (exact) mass is 244 g/mol. The van der Waals surface area contributed by atoms with Crippen LogP contribution in [0.5, 0.6) is 0 Å². The third-order valence-electron chi connectivity index (χ3n) is 1.41. The first kappa shape index (κ1) is 15.0. The third-order valence-corrected chi connectivity index (χ3v) is 1.41. The number of alkyl halides is 3. The first-order valence-corrected chi connectivity index (χ1v) is 4.61. The molecule has 0 saturated carbocycles. The van der Waals surface area contributed by atoms with Crippen LogP contribution in [0.4, 0.5) is 18.0 Å². The second-order valence-electron chi connectivity index (χ2n) is 2.83. The van der Waals surface area contributed by atoms with Crippen molar-refractivity contribution in [3.63, 3.8) is 0 Å². The molecule has 2 N–H and O–H groups in total. The Kier molecular flexibility index (Phi) is 7.65. The van der Waals surface area contributed by atoms with E-state index in [0.29, 0.717) is 13.2 Å². The number of halogens is 3. The van der Waals surface area contributed by atoms with Gasteiger partial charge in [0, 0.05) is 13.7 Å². The number of ether oxygens (including phenoxy) is 2. The minimum atomic E-state index is -4.40. The van der Waals surface area contributed by atoms with Crippen molar-refractivity contribution in [1.29, 1.82) is 0 Å². The van der Waals surface area contributed by atoms with Crippen molar-refractivity contribution >= 4 is 6.03 Å². The van der Waals surface area contributed by atoms with Gasteiger partial charge in [-0.15, -0.1) is 0 Å². The Balaban J connectivity index is 3.31. The zero-order valence-corrected chi connectivity index (χ0v) is 8.89. The van der Waals surface area contributed by atoms with Crippen molar-refractivity contribution in [2.24, 2.45) is 0 Å². The molecule has 0 bridgehead atoms. The smallest absolute Gasteiger partial charge is 0.382 e. The number of amides is 2. The molecular weight excluding hydrogens is 229 g/mol. The van der Waals surface area contributed by atoms with Gasteiger partial charge in [-0.1, -0.05) is 0 Å². The van der Waals surface area contributed by atoms with Gasteiger partial charge < -0.3 is 20.1 Å². The van der Waals surface area contributed by atoms with Crippen LogP contribution < -0.4 is 10.6 Å². The number of hydrogen-bond acceptors (Lipinski definition) is 3. The van der Waals surface area contributed by atoms with Crippen LogP contribution in [0.3, 0.4) is 0 Å². The number of carbonyl (C=O) groups is 1. The number of nitrogens with one attached hydrogen (secondary N) is 2. The summed E-state index contributed by atoms with van der Waals surface area (Å²) in [5.41, 5.74) is 0. The van der Waals surface area contributed by atoms with Crippen LogP contribution >= 0.6 is 0 Å². The number of carbonyl (C=O) groups excluding carboxylic acids is 1. The maximum atomic E-state index is 11.7. The average Bonchev–Trinajstić information content (AvgIpc) is 2.19. The number of rotatable bonds is 7. The van der Waals surface area contributed by atoms with E-state index in [1.165, 1.54) is 7.11 Å². The van der Waals surface area contributed by atoms with Gasteiger partial charge in [-0.25, -0.2) is 4.79 Å². The Hall–Kier alpha value is -1.02. The van der Waals surface area contributed by atoms with Crippen LogP contribution in [0.2, 0.25) is 0 Å². The van der Waals surface area contributed by atoms with E-state index in [4.69, 9.17) is 9.47 Å². The molecule has 5 nitrogen and oxygen atoms in total. The summed E-state index contributed by atoms with van der Waals surface area (Å²) in [5, 5.41) is 3.89. The van der Waals surface area contributed by atoms with E-state index in [9.17, 15) is 18.0 Å². The number of hydrogen-bond donors (Lipinski definition) is 2. The predicted molar refractivity (Wildman–Crippen MR) is 50.2 cm³/mol. The van der Waals surface area contributed by atoms with E-state index in [2.05, 4.69) is 5.32 Å². The molecular formula is C8H15F3N2O3. The summed E-state index contributed by atoms with van der Waals surface area (Å²) in [4.78, 5) is 10.8. The van der Waals surface area contributed by atoms with E-state index in [1.807, 2.05) is 0 Å². The summed E-state index contributed by atoms with van der Waals surface area (Å²) < 4.78 is 44.7. The molecule has 16 heavy (non-hydrogen) atoms. The third kappa shape index (κ3) is 11.1. The highest BCUT2D eigenvalue weighted by Crippen LogP contribution is 2.11. The largest absolute Gasteiger partial charge is 0.405 e. The van der Waals surface area contributed by atoms with E-state index < -0.39 is 18.8 Å². The quantitative estimate of drug-likeness (QED) is 0.641. The molecule has 2 amide bonds. The highest BCUT2D eigenvalue weighted by Gasteiger charge is 2.27. The zero-order valence-electron chi connectivity index (χ0n) is 8.89. The lowest BCUT2D eigenvalue weighted by atomic mass is 10.6. The van der Waals surface area contributed by atoms with Crippen LogP contribution in [-0.2, 0) is 9.47 Å². The maximum Gasteiger partial charge on any atom is 0.405 e. The first-order chi connectivity index (χ1) is 7.45. The first-order valence-electron chi connectivity index (χ1n) is 4.61. The van der Waals surface area contributed by atoms with Gasteiger partial charge in [-0.05, 0) is 0 Å². The molecule has 0 aromatic carbocycles. The summed E-state index contributed by atoms with van der Waals surface area (Å²) in [6, 6.07) is -0.868. The van der Waals surface area contributed by atoms with E-state index in [-0.39, 0.29) is 13.2 Å². The van der Waals surface area contributed by atoms with Gasteiger partial charge in [0.1, 0.15) is 6.54 Å². The molecule has 0 atom stereocenters. The molecule has 0 unspecified atom stereocenters. The Morgan fingerprint density at radius 1 is 1.19 bits per heavy atom. The van der Waals surface area contributed by atoms with Gasteiger partial charge in [0.25, 0.3) is 0 Å². The summed E-state index contributed by atoms with van der Waals surface area (Å²) in [6.07, 6.45) is -4.40. The van der Waals surface area contributed by atoms with Crippen molar-refractivity contribution in [2.75, 3.05) is 40.0 Å². The average molecular weight is 244 g/mol. The van der Waals surface area contributed by atoms with Crippen molar-refractivity contribution in [3.05, 3.63) is 0 Å². The molecule has 96 valence electrons. The summed E-state index contributed by atoms with van der Waals surface area (Å²) >= 11 is 0. The fourth-order valence-electron chi connectivity index (χ4n) is 0.724.